The zero-order valence-electron chi connectivity index (χ0n) is 20.6. The summed E-state index contributed by atoms with van der Waals surface area (Å²) < 4.78 is 4.33. The van der Waals surface area contributed by atoms with Gasteiger partial charge in [0.05, 0.1) is 13.1 Å². The minimum atomic E-state index is -2.96. The van der Waals surface area contributed by atoms with Gasteiger partial charge in [0.15, 0.2) is 6.19 Å². The molecule has 0 aromatic heterocycles. The van der Waals surface area contributed by atoms with Crippen LogP contribution in [0, 0.1) is 11.5 Å². The van der Waals surface area contributed by atoms with E-state index in [0.717, 1.165) is 11.1 Å². The van der Waals surface area contributed by atoms with Crippen LogP contribution in [0.2, 0.25) is 0 Å². The van der Waals surface area contributed by atoms with Gasteiger partial charge in [-0.05, 0) is 11.1 Å². The van der Waals surface area contributed by atoms with E-state index in [-0.39, 0.29) is 0 Å². The maximum absolute atomic E-state index is 9.12. The van der Waals surface area contributed by atoms with Crippen LogP contribution in [0.5, 0.6) is 0 Å². The zero-order chi connectivity index (χ0) is 25.8. The van der Waals surface area contributed by atoms with E-state index in [1.807, 2.05) is 60.7 Å². The van der Waals surface area contributed by atoms with Crippen LogP contribution in [0.4, 0.5) is 0 Å². The topological polar surface area (TPSA) is 27.0 Å². The predicted molar refractivity (Wildman–Crippen MR) is 161 cm³/mol. The summed E-state index contributed by atoms with van der Waals surface area (Å²) in [6.07, 6.45) is 2.23. The molecule has 0 aliphatic carbocycles. The average molecular weight is 652 g/mol. The molecule has 0 amide bonds. The van der Waals surface area contributed by atoms with Crippen LogP contribution in [0.25, 0.3) is 0 Å². The Labute approximate surface area is 230 Å². The Balaban J connectivity index is 0.000000176. The first-order chi connectivity index (χ1) is 18.2. The van der Waals surface area contributed by atoms with Gasteiger partial charge >= 0.3 is 131 Å². The quantitative estimate of drug-likeness (QED) is 0.119. The van der Waals surface area contributed by atoms with Crippen molar-refractivity contribution < 1.29 is 0 Å². The average Bonchev–Trinajstić information content (AvgIpc) is 2.99. The van der Waals surface area contributed by atoms with Crippen molar-refractivity contribution in [1.82, 2.24) is 4.90 Å². The first-order valence-corrected chi connectivity index (χ1v) is 23.0. The molecule has 5 aromatic carbocycles. The molecule has 0 radical (unpaired) electrons. The van der Waals surface area contributed by atoms with Crippen molar-refractivity contribution in [3.8, 4) is 6.19 Å². The fourth-order valence-electron chi connectivity index (χ4n) is 4.24. The Morgan fingerprint density at radius 2 is 0.757 bits per heavy atom. The standard InChI is InChI=1S/C15H14N2.3C6H5.BrH.Sn/c16-13-17(11-14-7-3-1-4-8-14)12-15-9-5-2-6-10-15;3*1-2-4-6-5-3-1;;/h1-10H,11-12H2;3*1-5H;1H;/q;;;;;+1/p-1. The second-order valence-corrected chi connectivity index (χ2v) is 25.4. The summed E-state index contributed by atoms with van der Waals surface area (Å²) in [4.78, 5) is 1.75. The maximum atomic E-state index is 9.12. The number of benzene rings is 5. The van der Waals surface area contributed by atoms with Gasteiger partial charge in [0, 0.05) is 0 Å². The predicted octanol–water partition coefficient (Wildman–Crippen LogP) is 6.22. The van der Waals surface area contributed by atoms with Crippen LogP contribution in [0.1, 0.15) is 11.1 Å². The van der Waals surface area contributed by atoms with Crippen molar-refractivity contribution >= 4 is 39.6 Å². The molecule has 5 aromatic rings. The Hall–Kier alpha value is -3.33. The van der Waals surface area contributed by atoms with Crippen molar-refractivity contribution in [2.45, 2.75) is 13.1 Å². The minimum absolute atomic E-state index is 0.659. The number of nitriles is 1. The fourth-order valence-corrected chi connectivity index (χ4v) is 18.0. The molecule has 0 aliphatic heterocycles. The number of rotatable bonds is 7. The molecule has 4 heteroatoms. The van der Waals surface area contributed by atoms with E-state index < -0.39 is 16.2 Å². The second kappa shape index (κ2) is 13.8. The third kappa shape index (κ3) is 7.35. The number of hydrogen-bond acceptors (Lipinski definition) is 2. The molecule has 2 nitrogen and oxygen atoms in total. The molecule has 0 saturated heterocycles. The van der Waals surface area contributed by atoms with Crippen molar-refractivity contribution in [2.75, 3.05) is 0 Å². The monoisotopic (exact) mass is 652 g/mol. The summed E-state index contributed by atoms with van der Waals surface area (Å²) in [6.45, 7) is 1.32. The molecule has 5 rings (SSSR count). The molecule has 0 bridgehead atoms. The fraction of sp³-hybridized carbons (Fsp3) is 0.0606. The normalized spacial score (nSPS) is 10.5. The molecular weight excluding hydrogens is 623 g/mol. The van der Waals surface area contributed by atoms with Gasteiger partial charge in [-0.3, -0.25) is 0 Å². The van der Waals surface area contributed by atoms with Gasteiger partial charge in [-0.1, -0.05) is 60.7 Å². The summed E-state index contributed by atoms with van der Waals surface area (Å²) >= 11 is 1.26. The van der Waals surface area contributed by atoms with Crippen molar-refractivity contribution in [1.29, 1.82) is 5.26 Å². The number of nitrogens with zero attached hydrogens (tertiary/aromatic N) is 2. The Morgan fingerprint density at radius 3 is 1.03 bits per heavy atom. The first-order valence-electron chi connectivity index (χ1n) is 12.3. The molecule has 0 N–H and O–H groups in total. The van der Waals surface area contributed by atoms with Gasteiger partial charge in [-0.15, -0.1) is 0 Å². The van der Waals surface area contributed by atoms with E-state index in [2.05, 4.69) is 110 Å². The summed E-state index contributed by atoms with van der Waals surface area (Å²) in [5, 5.41) is 9.12. The first kappa shape index (κ1) is 26.7. The Bertz CT molecular complexity index is 1240. The zero-order valence-corrected chi connectivity index (χ0v) is 25.1. The van der Waals surface area contributed by atoms with E-state index >= 15 is 0 Å². The molecule has 0 aliphatic rings. The molecule has 0 fully saturated rings. The van der Waals surface area contributed by atoms with Crippen LogP contribution < -0.4 is 10.7 Å². The van der Waals surface area contributed by atoms with Crippen LogP contribution in [0.3, 0.4) is 0 Å². The molecule has 182 valence electrons. The Morgan fingerprint density at radius 1 is 0.486 bits per heavy atom. The van der Waals surface area contributed by atoms with Gasteiger partial charge in [0.25, 0.3) is 0 Å². The van der Waals surface area contributed by atoms with Crippen molar-refractivity contribution in [3.05, 3.63) is 163 Å². The van der Waals surface area contributed by atoms with Gasteiger partial charge < -0.3 is 4.90 Å². The van der Waals surface area contributed by atoms with Gasteiger partial charge in [-0.2, -0.15) is 5.26 Å². The number of hydrogen-bond donors (Lipinski definition) is 0. The van der Waals surface area contributed by atoms with Crippen LogP contribution in [0.15, 0.2) is 152 Å². The summed E-state index contributed by atoms with van der Waals surface area (Å²) in [5.41, 5.74) is 2.31. The van der Waals surface area contributed by atoms with Gasteiger partial charge in [0.2, 0.25) is 0 Å². The third-order valence-electron chi connectivity index (χ3n) is 6.09. The van der Waals surface area contributed by atoms with E-state index in [1.54, 1.807) is 4.90 Å². The van der Waals surface area contributed by atoms with Crippen molar-refractivity contribution in [2.24, 2.45) is 0 Å². The van der Waals surface area contributed by atoms with Gasteiger partial charge in [0.1, 0.15) is 0 Å². The SMILES string of the molecule is N#CN(Cc1ccccc1)Cc1ccccc1.[Br][Sn]([c]1ccccc1)([c]1ccccc1)[c]1ccccc1. The summed E-state index contributed by atoms with van der Waals surface area (Å²) in [5.74, 6) is 0. The molecule has 0 heterocycles. The van der Waals surface area contributed by atoms with E-state index in [0.29, 0.717) is 13.1 Å². The third-order valence-corrected chi connectivity index (χ3v) is 25.0. The van der Waals surface area contributed by atoms with Gasteiger partial charge in [-0.25, -0.2) is 0 Å². The van der Waals surface area contributed by atoms with Crippen LogP contribution in [-0.2, 0) is 13.1 Å². The molecule has 0 spiro atoms. The number of halogens is 1. The summed E-state index contributed by atoms with van der Waals surface area (Å²) in [6, 6.07) is 52.7. The molecular formula is C33H29BrN2Sn. The van der Waals surface area contributed by atoms with E-state index in [9.17, 15) is 0 Å². The molecule has 37 heavy (non-hydrogen) atoms. The van der Waals surface area contributed by atoms with Crippen molar-refractivity contribution in [3.63, 3.8) is 0 Å². The van der Waals surface area contributed by atoms with E-state index in [1.165, 1.54) is 10.7 Å². The summed E-state index contributed by atoms with van der Waals surface area (Å²) in [7, 11) is 0. The molecule has 0 saturated carbocycles. The van der Waals surface area contributed by atoms with Crippen LogP contribution in [-0.4, -0.2) is 21.1 Å². The Kier molecular flexibility index (Phi) is 9.99. The van der Waals surface area contributed by atoms with Crippen LogP contribution >= 0.6 is 12.7 Å². The molecule has 0 unspecified atom stereocenters. The molecule has 0 atom stereocenters. The second-order valence-electron chi connectivity index (χ2n) is 8.68. The van der Waals surface area contributed by atoms with E-state index in [4.69, 9.17) is 5.26 Å².